The van der Waals surface area contributed by atoms with Crippen LogP contribution in [0.1, 0.15) is 26.0 Å². The lowest BCUT2D eigenvalue weighted by molar-refractivity contribution is 0.104. The van der Waals surface area contributed by atoms with Crippen molar-refractivity contribution in [2.24, 2.45) is 5.92 Å². The third-order valence-electron chi connectivity index (χ3n) is 2.02. The fourth-order valence-corrected chi connectivity index (χ4v) is 1.26. The number of ether oxygens (including phenoxy) is 1. The van der Waals surface area contributed by atoms with Gasteiger partial charge in [-0.2, -0.15) is 0 Å². The summed E-state index contributed by atoms with van der Waals surface area (Å²) >= 11 is 0. The molecule has 0 amide bonds. The Morgan fingerprint density at radius 1 is 1.47 bits per heavy atom. The molecule has 0 bridgehead atoms. The molecule has 0 spiro atoms. The van der Waals surface area contributed by atoms with Gasteiger partial charge in [0, 0.05) is 6.61 Å². The highest BCUT2D eigenvalue weighted by atomic mass is 16.5. The van der Waals surface area contributed by atoms with Crippen molar-refractivity contribution in [3.63, 3.8) is 0 Å². The minimum Gasteiger partial charge on any atom is -0.467 e. The van der Waals surface area contributed by atoms with Crippen molar-refractivity contribution in [2.45, 2.75) is 26.9 Å². The van der Waals surface area contributed by atoms with E-state index in [2.05, 4.69) is 19.2 Å². The molecule has 0 aliphatic carbocycles. The Bertz CT molecular complexity index is 232. The molecule has 3 nitrogen and oxygen atoms in total. The number of furan rings is 1. The van der Waals surface area contributed by atoms with Crippen molar-refractivity contribution in [1.82, 2.24) is 5.32 Å². The summed E-state index contributed by atoms with van der Waals surface area (Å²) in [6.45, 7) is 7.89. The van der Waals surface area contributed by atoms with Crippen LogP contribution in [0.2, 0.25) is 0 Å². The summed E-state index contributed by atoms with van der Waals surface area (Å²) in [4.78, 5) is 0. The first-order chi connectivity index (χ1) is 7.29. The van der Waals surface area contributed by atoms with E-state index in [4.69, 9.17) is 9.15 Å². The highest BCUT2D eigenvalue weighted by molar-refractivity contribution is 4.95. The van der Waals surface area contributed by atoms with E-state index in [1.807, 2.05) is 12.1 Å². The lowest BCUT2D eigenvalue weighted by Gasteiger charge is -2.07. The predicted octanol–water partition coefficient (Wildman–Crippen LogP) is 2.43. The van der Waals surface area contributed by atoms with Crippen molar-refractivity contribution in [2.75, 3.05) is 19.7 Å². The Labute approximate surface area is 91.8 Å². The molecule has 0 aliphatic rings. The summed E-state index contributed by atoms with van der Waals surface area (Å²) in [7, 11) is 0. The standard InChI is InChI=1S/C12H21NO2/c1-11(2)9-13-6-4-7-14-10-12-5-3-8-15-12/h3,5,8,11,13H,4,6-7,9-10H2,1-2H3. The van der Waals surface area contributed by atoms with Crippen LogP contribution in [0.3, 0.4) is 0 Å². The molecule has 1 N–H and O–H groups in total. The quantitative estimate of drug-likeness (QED) is 0.671. The van der Waals surface area contributed by atoms with Crippen LogP contribution < -0.4 is 5.32 Å². The second-order valence-corrected chi connectivity index (χ2v) is 4.08. The fraction of sp³-hybridized carbons (Fsp3) is 0.667. The molecule has 0 unspecified atom stereocenters. The van der Waals surface area contributed by atoms with E-state index in [1.54, 1.807) is 6.26 Å². The van der Waals surface area contributed by atoms with Crippen molar-refractivity contribution >= 4 is 0 Å². The third-order valence-corrected chi connectivity index (χ3v) is 2.02. The van der Waals surface area contributed by atoms with E-state index in [-0.39, 0.29) is 0 Å². The van der Waals surface area contributed by atoms with Crippen molar-refractivity contribution in [3.8, 4) is 0 Å². The summed E-state index contributed by atoms with van der Waals surface area (Å²) in [5.41, 5.74) is 0. The van der Waals surface area contributed by atoms with Gasteiger partial charge in [0.1, 0.15) is 12.4 Å². The average Bonchev–Trinajstić information content (AvgIpc) is 2.68. The molecule has 0 atom stereocenters. The van der Waals surface area contributed by atoms with Crippen molar-refractivity contribution in [1.29, 1.82) is 0 Å². The van der Waals surface area contributed by atoms with Gasteiger partial charge >= 0.3 is 0 Å². The van der Waals surface area contributed by atoms with Crippen LogP contribution in [-0.4, -0.2) is 19.7 Å². The predicted molar refractivity (Wildman–Crippen MR) is 60.7 cm³/mol. The highest BCUT2D eigenvalue weighted by Gasteiger charge is 1.95. The SMILES string of the molecule is CC(C)CNCCCOCc1ccco1. The van der Waals surface area contributed by atoms with Gasteiger partial charge < -0.3 is 14.5 Å². The maximum Gasteiger partial charge on any atom is 0.129 e. The first kappa shape index (κ1) is 12.3. The summed E-state index contributed by atoms with van der Waals surface area (Å²) in [5.74, 6) is 1.61. The normalized spacial score (nSPS) is 11.1. The number of hydrogen-bond donors (Lipinski definition) is 1. The van der Waals surface area contributed by atoms with Crippen LogP contribution in [0.15, 0.2) is 22.8 Å². The number of rotatable bonds is 8. The Kier molecular flexibility index (Phi) is 6.12. The van der Waals surface area contributed by atoms with Gasteiger partial charge in [-0.1, -0.05) is 13.8 Å². The lowest BCUT2D eigenvalue weighted by Crippen LogP contribution is -2.21. The Morgan fingerprint density at radius 2 is 2.33 bits per heavy atom. The largest absolute Gasteiger partial charge is 0.467 e. The van der Waals surface area contributed by atoms with E-state index in [1.165, 1.54) is 0 Å². The molecule has 0 aromatic carbocycles. The molecule has 0 radical (unpaired) electrons. The highest BCUT2D eigenvalue weighted by Crippen LogP contribution is 2.01. The monoisotopic (exact) mass is 211 g/mol. The van der Waals surface area contributed by atoms with Crippen LogP contribution in [0.5, 0.6) is 0 Å². The second-order valence-electron chi connectivity index (χ2n) is 4.08. The maximum absolute atomic E-state index is 5.45. The molecule has 15 heavy (non-hydrogen) atoms. The molecule has 0 aliphatic heterocycles. The van der Waals surface area contributed by atoms with E-state index >= 15 is 0 Å². The third kappa shape index (κ3) is 6.31. The first-order valence-electron chi connectivity index (χ1n) is 5.60. The second kappa shape index (κ2) is 7.49. The van der Waals surface area contributed by atoms with Gasteiger partial charge in [-0.3, -0.25) is 0 Å². The Balaban J connectivity index is 1.85. The summed E-state index contributed by atoms with van der Waals surface area (Å²) in [6.07, 6.45) is 2.72. The van der Waals surface area contributed by atoms with Gasteiger partial charge in [0.05, 0.1) is 6.26 Å². The smallest absolute Gasteiger partial charge is 0.129 e. The summed E-state index contributed by atoms with van der Waals surface area (Å²) < 4.78 is 10.6. The maximum atomic E-state index is 5.45. The average molecular weight is 211 g/mol. The van der Waals surface area contributed by atoms with Crippen molar-refractivity contribution < 1.29 is 9.15 Å². The van der Waals surface area contributed by atoms with E-state index in [0.29, 0.717) is 12.5 Å². The van der Waals surface area contributed by atoms with Gasteiger partial charge in [-0.15, -0.1) is 0 Å². The molecule has 0 saturated carbocycles. The van der Waals surface area contributed by atoms with Gasteiger partial charge in [0.25, 0.3) is 0 Å². The zero-order valence-corrected chi connectivity index (χ0v) is 9.66. The van der Waals surface area contributed by atoms with Gasteiger partial charge in [-0.05, 0) is 37.6 Å². The zero-order valence-electron chi connectivity index (χ0n) is 9.66. The van der Waals surface area contributed by atoms with Gasteiger partial charge in [-0.25, -0.2) is 0 Å². The zero-order chi connectivity index (χ0) is 10.9. The molecule has 0 fully saturated rings. The lowest BCUT2D eigenvalue weighted by atomic mass is 10.2. The molecule has 1 rings (SSSR count). The van der Waals surface area contributed by atoms with Crippen LogP contribution in [-0.2, 0) is 11.3 Å². The van der Waals surface area contributed by atoms with E-state index < -0.39 is 0 Å². The minimum atomic E-state index is 0.581. The Hall–Kier alpha value is -0.800. The molecule has 3 heteroatoms. The van der Waals surface area contributed by atoms with E-state index in [0.717, 1.165) is 31.9 Å². The van der Waals surface area contributed by atoms with Gasteiger partial charge in [0.15, 0.2) is 0 Å². The minimum absolute atomic E-state index is 0.581. The van der Waals surface area contributed by atoms with Crippen LogP contribution >= 0.6 is 0 Å². The van der Waals surface area contributed by atoms with Crippen molar-refractivity contribution in [3.05, 3.63) is 24.2 Å². The molecular weight excluding hydrogens is 190 g/mol. The molecule has 1 aromatic heterocycles. The van der Waals surface area contributed by atoms with E-state index in [9.17, 15) is 0 Å². The molecule has 1 heterocycles. The molecule has 0 saturated heterocycles. The fourth-order valence-electron chi connectivity index (χ4n) is 1.26. The molecule has 86 valence electrons. The summed E-state index contributed by atoms with van der Waals surface area (Å²) in [5, 5.41) is 3.38. The molecular formula is C12H21NO2. The van der Waals surface area contributed by atoms with Crippen LogP contribution in [0, 0.1) is 5.92 Å². The number of nitrogens with one attached hydrogen (secondary N) is 1. The Morgan fingerprint density at radius 3 is 3.00 bits per heavy atom. The topological polar surface area (TPSA) is 34.4 Å². The van der Waals surface area contributed by atoms with Gasteiger partial charge in [0.2, 0.25) is 0 Å². The summed E-state index contributed by atoms with van der Waals surface area (Å²) in [6, 6.07) is 3.81. The van der Waals surface area contributed by atoms with Crippen LogP contribution in [0.4, 0.5) is 0 Å². The first-order valence-corrected chi connectivity index (χ1v) is 5.60. The molecule has 1 aromatic rings. The number of hydrogen-bond acceptors (Lipinski definition) is 3. The van der Waals surface area contributed by atoms with Crippen LogP contribution in [0.25, 0.3) is 0 Å².